The van der Waals surface area contributed by atoms with Gasteiger partial charge in [-0.25, -0.2) is 0 Å². The quantitative estimate of drug-likeness (QED) is 0.311. The molecule has 0 heterocycles. The molecule has 0 aromatic rings. The summed E-state index contributed by atoms with van der Waals surface area (Å²) in [5.74, 6) is -0.330. The van der Waals surface area contributed by atoms with Gasteiger partial charge in [0.1, 0.15) is 0 Å². The lowest BCUT2D eigenvalue weighted by Crippen LogP contribution is -2.27. The summed E-state index contributed by atoms with van der Waals surface area (Å²) in [6, 6.07) is 0. The first-order valence-corrected chi connectivity index (χ1v) is 10.7. The Morgan fingerprint density at radius 2 is 1.04 bits per heavy atom. The van der Waals surface area contributed by atoms with E-state index >= 15 is 0 Å². The second-order valence-corrected chi connectivity index (χ2v) is 7.27. The van der Waals surface area contributed by atoms with Crippen LogP contribution in [0.15, 0.2) is 0 Å². The number of unbranched alkanes of at least 4 members (excludes halogenated alkanes) is 14. The average molecular weight is 355 g/mol. The molecule has 0 saturated carbocycles. The van der Waals surface area contributed by atoms with E-state index in [0.29, 0.717) is 13.0 Å². The van der Waals surface area contributed by atoms with Crippen LogP contribution in [0.4, 0.5) is 0 Å². The number of rotatable bonds is 19. The molecule has 0 rings (SSSR count). The molecule has 0 unspecified atom stereocenters. The van der Waals surface area contributed by atoms with Gasteiger partial charge in [-0.1, -0.05) is 96.8 Å². The van der Waals surface area contributed by atoms with Crippen LogP contribution in [0.25, 0.3) is 0 Å². The SMILES string of the molecule is CCCCCCCCCCCCCCCCCC(=O)NCCC(N)=O. The zero-order chi connectivity index (χ0) is 18.6. The van der Waals surface area contributed by atoms with Crippen molar-refractivity contribution in [3.05, 3.63) is 0 Å². The molecular weight excluding hydrogens is 312 g/mol. The molecule has 0 aromatic carbocycles. The van der Waals surface area contributed by atoms with E-state index in [-0.39, 0.29) is 18.2 Å². The molecule has 0 aliphatic rings. The highest BCUT2D eigenvalue weighted by Gasteiger charge is 2.01. The monoisotopic (exact) mass is 354 g/mol. The number of nitrogens with one attached hydrogen (secondary N) is 1. The fourth-order valence-electron chi connectivity index (χ4n) is 3.07. The van der Waals surface area contributed by atoms with Crippen molar-refractivity contribution in [3.8, 4) is 0 Å². The zero-order valence-electron chi connectivity index (χ0n) is 16.6. The third-order valence-electron chi connectivity index (χ3n) is 4.70. The average Bonchev–Trinajstić information content (AvgIpc) is 2.58. The molecule has 4 heteroatoms. The fourth-order valence-corrected chi connectivity index (χ4v) is 3.07. The number of hydrogen-bond acceptors (Lipinski definition) is 2. The Bertz CT molecular complexity index is 319. The summed E-state index contributed by atoms with van der Waals surface area (Å²) < 4.78 is 0. The summed E-state index contributed by atoms with van der Waals surface area (Å²) in [4.78, 5) is 22.1. The minimum absolute atomic E-state index is 0.0379. The van der Waals surface area contributed by atoms with Crippen molar-refractivity contribution >= 4 is 11.8 Å². The van der Waals surface area contributed by atoms with Gasteiger partial charge in [0.05, 0.1) is 0 Å². The van der Waals surface area contributed by atoms with Crippen molar-refractivity contribution in [3.63, 3.8) is 0 Å². The lowest BCUT2D eigenvalue weighted by Gasteiger charge is -2.04. The molecule has 0 fully saturated rings. The highest BCUT2D eigenvalue weighted by Crippen LogP contribution is 2.13. The number of hydrogen-bond donors (Lipinski definition) is 2. The largest absolute Gasteiger partial charge is 0.370 e. The highest BCUT2D eigenvalue weighted by molar-refractivity contribution is 5.77. The van der Waals surface area contributed by atoms with Gasteiger partial charge in [0.25, 0.3) is 0 Å². The van der Waals surface area contributed by atoms with Crippen LogP contribution in [0.2, 0.25) is 0 Å². The summed E-state index contributed by atoms with van der Waals surface area (Å²) in [5.41, 5.74) is 5.02. The molecule has 2 amide bonds. The second kappa shape index (κ2) is 19.3. The van der Waals surface area contributed by atoms with E-state index < -0.39 is 0 Å². The van der Waals surface area contributed by atoms with Crippen LogP contribution in [-0.2, 0) is 9.59 Å². The summed E-state index contributed by atoms with van der Waals surface area (Å²) in [6.45, 7) is 2.64. The maximum Gasteiger partial charge on any atom is 0.220 e. The normalized spacial score (nSPS) is 10.8. The Morgan fingerprint density at radius 3 is 1.44 bits per heavy atom. The summed E-state index contributed by atoms with van der Waals surface area (Å²) in [7, 11) is 0. The molecular formula is C21H42N2O2. The van der Waals surface area contributed by atoms with Crippen LogP contribution in [0.5, 0.6) is 0 Å². The van der Waals surface area contributed by atoms with Crippen LogP contribution in [0, 0.1) is 0 Å². The van der Waals surface area contributed by atoms with Crippen molar-refractivity contribution in [2.75, 3.05) is 6.54 Å². The van der Waals surface area contributed by atoms with Gasteiger partial charge in [0, 0.05) is 19.4 Å². The molecule has 148 valence electrons. The van der Waals surface area contributed by atoms with Crippen molar-refractivity contribution in [1.29, 1.82) is 0 Å². The molecule has 0 bridgehead atoms. The van der Waals surface area contributed by atoms with Crippen LogP contribution >= 0.6 is 0 Å². The Hall–Kier alpha value is -1.06. The topological polar surface area (TPSA) is 72.2 Å². The van der Waals surface area contributed by atoms with Crippen molar-refractivity contribution in [2.45, 2.75) is 116 Å². The van der Waals surface area contributed by atoms with Gasteiger partial charge in [-0.2, -0.15) is 0 Å². The minimum Gasteiger partial charge on any atom is -0.370 e. The molecule has 0 aliphatic carbocycles. The summed E-state index contributed by atoms with van der Waals surface area (Å²) in [6.07, 6.45) is 20.7. The first-order chi connectivity index (χ1) is 12.2. The van der Waals surface area contributed by atoms with Crippen LogP contribution in [0.1, 0.15) is 116 Å². The Morgan fingerprint density at radius 1 is 0.640 bits per heavy atom. The highest BCUT2D eigenvalue weighted by atomic mass is 16.2. The molecule has 0 saturated heterocycles. The maximum absolute atomic E-state index is 11.5. The summed E-state index contributed by atoms with van der Waals surface area (Å²) in [5, 5.41) is 2.72. The van der Waals surface area contributed by atoms with E-state index in [9.17, 15) is 9.59 Å². The van der Waals surface area contributed by atoms with Gasteiger partial charge >= 0.3 is 0 Å². The van der Waals surface area contributed by atoms with E-state index in [4.69, 9.17) is 5.73 Å². The molecule has 0 atom stereocenters. The van der Waals surface area contributed by atoms with E-state index in [1.54, 1.807) is 0 Å². The zero-order valence-corrected chi connectivity index (χ0v) is 16.6. The first kappa shape index (κ1) is 23.9. The summed E-state index contributed by atoms with van der Waals surface area (Å²) >= 11 is 0. The van der Waals surface area contributed by atoms with Gasteiger partial charge in [-0.15, -0.1) is 0 Å². The molecule has 25 heavy (non-hydrogen) atoms. The van der Waals surface area contributed by atoms with Crippen molar-refractivity contribution in [1.82, 2.24) is 5.32 Å². The van der Waals surface area contributed by atoms with Gasteiger partial charge in [0.2, 0.25) is 11.8 Å². The minimum atomic E-state index is -0.368. The molecule has 0 spiro atoms. The maximum atomic E-state index is 11.5. The number of nitrogens with two attached hydrogens (primary N) is 1. The van der Waals surface area contributed by atoms with Crippen LogP contribution in [-0.4, -0.2) is 18.4 Å². The predicted molar refractivity (Wildman–Crippen MR) is 106 cm³/mol. The number of carbonyl (C=O) groups excluding carboxylic acids is 2. The lowest BCUT2D eigenvalue weighted by atomic mass is 10.0. The third-order valence-corrected chi connectivity index (χ3v) is 4.70. The lowest BCUT2D eigenvalue weighted by molar-refractivity contribution is -0.121. The molecule has 3 N–H and O–H groups in total. The second-order valence-electron chi connectivity index (χ2n) is 7.27. The molecule has 0 aliphatic heterocycles. The molecule has 0 aromatic heterocycles. The molecule has 0 radical (unpaired) electrons. The number of amides is 2. The Balaban J connectivity index is 3.11. The van der Waals surface area contributed by atoms with E-state index in [2.05, 4.69) is 12.2 Å². The van der Waals surface area contributed by atoms with E-state index in [1.165, 1.54) is 83.5 Å². The Labute approximate surface area is 155 Å². The smallest absolute Gasteiger partial charge is 0.220 e. The predicted octanol–water partition coefficient (Wildman–Crippen LogP) is 5.24. The van der Waals surface area contributed by atoms with E-state index in [1.807, 2.05) is 0 Å². The van der Waals surface area contributed by atoms with Crippen molar-refractivity contribution < 1.29 is 9.59 Å². The van der Waals surface area contributed by atoms with E-state index in [0.717, 1.165) is 12.8 Å². The third kappa shape index (κ3) is 20.9. The van der Waals surface area contributed by atoms with Gasteiger partial charge < -0.3 is 11.1 Å². The first-order valence-electron chi connectivity index (χ1n) is 10.7. The number of primary amides is 1. The van der Waals surface area contributed by atoms with Crippen LogP contribution in [0.3, 0.4) is 0 Å². The Kier molecular flexibility index (Phi) is 18.5. The van der Waals surface area contributed by atoms with Gasteiger partial charge in [-0.05, 0) is 6.42 Å². The fraction of sp³-hybridized carbons (Fsp3) is 0.905. The van der Waals surface area contributed by atoms with Crippen molar-refractivity contribution in [2.24, 2.45) is 5.73 Å². The number of carbonyl (C=O) groups is 2. The van der Waals surface area contributed by atoms with Crippen LogP contribution < -0.4 is 11.1 Å². The van der Waals surface area contributed by atoms with Gasteiger partial charge in [0.15, 0.2) is 0 Å². The molecule has 4 nitrogen and oxygen atoms in total. The van der Waals surface area contributed by atoms with Gasteiger partial charge in [-0.3, -0.25) is 9.59 Å². The standard InChI is InChI=1S/C21H42N2O2/c1-2-3-4-5-6-7-8-9-10-11-12-13-14-15-16-17-21(25)23-19-18-20(22)24/h2-19H2,1H3,(H2,22,24)(H,23,25).